The van der Waals surface area contributed by atoms with Crippen molar-refractivity contribution in [1.82, 2.24) is 14.0 Å². The van der Waals surface area contributed by atoms with Crippen molar-refractivity contribution in [2.45, 2.75) is 11.8 Å². The molecule has 1 fully saturated rings. The molecule has 27 heavy (non-hydrogen) atoms. The van der Waals surface area contributed by atoms with E-state index in [1.807, 2.05) is 25.1 Å². The van der Waals surface area contributed by atoms with Crippen LogP contribution in [-0.2, 0) is 14.8 Å². The molecule has 0 atom stereocenters. The van der Waals surface area contributed by atoms with E-state index in [4.69, 9.17) is 9.57 Å². The molecule has 3 heterocycles. The zero-order valence-electron chi connectivity index (χ0n) is 15.0. The van der Waals surface area contributed by atoms with E-state index in [-0.39, 0.29) is 28.9 Å². The third kappa shape index (κ3) is 2.88. The second-order valence-corrected chi connectivity index (χ2v) is 8.26. The van der Waals surface area contributed by atoms with Gasteiger partial charge in [0.15, 0.2) is 0 Å². The standard InChI is InChI=1S/C18H19N3O5S/c1-12-4-3-5-13-10-14-17(19-16(12)13)15(11-21(25-2)18(14)22)27(23,24)20-6-8-26-9-7-20/h3-5,10-11H,6-9H2,1-2H3. The van der Waals surface area contributed by atoms with Crippen molar-refractivity contribution in [2.24, 2.45) is 0 Å². The number of nitrogens with zero attached hydrogens (tertiary/aromatic N) is 3. The second-order valence-electron chi connectivity index (χ2n) is 6.35. The van der Waals surface area contributed by atoms with Crippen molar-refractivity contribution in [3.05, 3.63) is 46.4 Å². The molecule has 0 radical (unpaired) electrons. The Morgan fingerprint density at radius 2 is 1.93 bits per heavy atom. The second kappa shape index (κ2) is 6.59. The zero-order valence-corrected chi connectivity index (χ0v) is 15.8. The van der Waals surface area contributed by atoms with Gasteiger partial charge in [0, 0.05) is 18.5 Å². The van der Waals surface area contributed by atoms with Crippen LogP contribution in [0.2, 0.25) is 0 Å². The van der Waals surface area contributed by atoms with Gasteiger partial charge < -0.3 is 9.57 Å². The smallest absolute Gasteiger partial charge is 0.292 e. The van der Waals surface area contributed by atoms with Crippen LogP contribution in [0.5, 0.6) is 0 Å². The Morgan fingerprint density at radius 3 is 2.63 bits per heavy atom. The van der Waals surface area contributed by atoms with Gasteiger partial charge in [0.25, 0.3) is 5.56 Å². The van der Waals surface area contributed by atoms with Crippen LogP contribution in [0.25, 0.3) is 21.8 Å². The van der Waals surface area contributed by atoms with E-state index < -0.39 is 15.6 Å². The Balaban J connectivity index is 2.08. The molecule has 2 aromatic heterocycles. The number of hydrogen-bond acceptors (Lipinski definition) is 6. The number of rotatable bonds is 3. The van der Waals surface area contributed by atoms with Gasteiger partial charge in [-0.25, -0.2) is 13.4 Å². The average molecular weight is 389 g/mol. The van der Waals surface area contributed by atoms with Crippen molar-refractivity contribution in [1.29, 1.82) is 0 Å². The number of sulfonamides is 1. The molecule has 0 aliphatic carbocycles. The first-order valence-corrected chi connectivity index (χ1v) is 9.95. The first kappa shape index (κ1) is 17.9. The maximum Gasteiger partial charge on any atom is 0.292 e. The molecule has 9 heteroatoms. The summed E-state index contributed by atoms with van der Waals surface area (Å²) >= 11 is 0. The quantitative estimate of drug-likeness (QED) is 0.619. The van der Waals surface area contributed by atoms with Gasteiger partial charge >= 0.3 is 0 Å². The SMILES string of the molecule is COn1cc(S(=O)(=O)N2CCOCC2)c2nc3c(C)cccc3cc2c1=O. The van der Waals surface area contributed by atoms with Crippen molar-refractivity contribution < 1.29 is 18.0 Å². The Morgan fingerprint density at radius 1 is 1.19 bits per heavy atom. The van der Waals surface area contributed by atoms with Crippen LogP contribution < -0.4 is 10.4 Å². The maximum absolute atomic E-state index is 13.3. The van der Waals surface area contributed by atoms with Crippen molar-refractivity contribution in [3.63, 3.8) is 0 Å². The molecule has 1 aromatic carbocycles. The molecule has 0 spiro atoms. The predicted octanol–water partition coefficient (Wildman–Crippen LogP) is 0.937. The van der Waals surface area contributed by atoms with Gasteiger partial charge in [-0.1, -0.05) is 18.2 Å². The van der Waals surface area contributed by atoms with Gasteiger partial charge in [0.2, 0.25) is 10.0 Å². The van der Waals surface area contributed by atoms with Gasteiger partial charge in [0.1, 0.15) is 12.0 Å². The molecule has 0 amide bonds. The van der Waals surface area contributed by atoms with Gasteiger partial charge in [-0.3, -0.25) is 4.79 Å². The molecule has 1 aliphatic rings. The lowest BCUT2D eigenvalue weighted by Crippen LogP contribution is -2.41. The number of morpholine rings is 1. The van der Waals surface area contributed by atoms with E-state index in [9.17, 15) is 13.2 Å². The molecule has 0 bridgehead atoms. The number of fused-ring (bicyclic) bond motifs is 2. The molecular weight excluding hydrogens is 370 g/mol. The molecule has 142 valence electrons. The summed E-state index contributed by atoms with van der Waals surface area (Å²) in [4.78, 5) is 22.3. The van der Waals surface area contributed by atoms with Crippen LogP contribution in [0.3, 0.4) is 0 Å². The van der Waals surface area contributed by atoms with Crippen LogP contribution in [0.15, 0.2) is 40.2 Å². The third-order valence-electron chi connectivity index (χ3n) is 4.73. The van der Waals surface area contributed by atoms with Crippen LogP contribution >= 0.6 is 0 Å². The number of benzene rings is 1. The molecule has 0 unspecified atom stereocenters. The van der Waals surface area contributed by atoms with Crippen LogP contribution in [0.4, 0.5) is 0 Å². The molecule has 0 saturated carbocycles. The minimum Gasteiger partial charge on any atom is -0.414 e. The molecule has 8 nitrogen and oxygen atoms in total. The number of hydrogen-bond donors (Lipinski definition) is 0. The molecule has 0 N–H and O–H groups in total. The summed E-state index contributed by atoms with van der Waals surface area (Å²) in [6, 6.07) is 7.28. The summed E-state index contributed by atoms with van der Waals surface area (Å²) in [5, 5.41) is 0.965. The predicted molar refractivity (Wildman–Crippen MR) is 100 cm³/mol. The van der Waals surface area contributed by atoms with E-state index in [1.165, 1.54) is 17.6 Å². The highest BCUT2D eigenvalue weighted by atomic mass is 32.2. The van der Waals surface area contributed by atoms with E-state index in [0.29, 0.717) is 18.7 Å². The average Bonchev–Trinajstić information content (AvgIpc) is 2.68. The lowest BCUT2D eigenvalue weighted by molar-refractivity contribution is 0.0729. The summed E-state index contributed by atoms with van der Waals surface area (Å²) in [7, 11) is -2.55. The molecule has 3 aromatic rings. The fraction of sp³-hybridized carbons (Fsp3) is 0.333. The molecular formula is C18H19N3O5S. The zero-order chi connectivity index (χ0) is 19.2. The number of aryl methyl sites for hydroxylation is 1. The van der Waals surface area contributed by atoms with E-state index in [1.54, 1.807) is 6.07 Å². The van der Waals surface area contributed by atoms with Gasteiger partial charge in [-0.15, -0.1) is 0 Å². The van der Waals surface area contributed by atoms with Crippen molar-refractivity contribution in [3.8, 4) is 0 Å². The Labute approximate surface area is 155 Å². The van der Waals surface area contributed by atoms with Gasteiger partial charge in [0.05, 0.1) is 35.8 Å². The van der Waals surface area contributed by atoms with E-state index >= 15 is 0 Å². The first-order chi connectivity index (χ1) is 12.9. The largest absolute Gasteiger partial charge is 0.414 e. The minimum absolute atomic E-state index is 0.0500. The number of pyridine rings is 2. The highest BCUT2D eigenvalue weighted by molar-refractivity contribution is 7.89. The van der Waals surface area contributed by atoms with Crippen molar-refractivity contribution >= 4 is 31.8 Å². The Kier molecular flexibility index (Phi) is 4.37. The Bertz CT molecular complexity index is 1200. The summed E-state index contributed by atoms with van der Waals surface area (Å²) in [5.74, 6) is 0. The summed E-state index contributed by atoms with van der Waals surface area (Å²) in [6.07, 6.45) is 1.20. The molecule has 4 rings (SSSR count). The molecule has 1 aliphatic heterocycles. The summed E-state index contributed by atoms with van der Waals surface area (Å²) < 4.78 is 34.1. The van der Waals surface area contributed by atoms with E-state index in [0.717, 1.165) is 15.7 Å². The van der Waals surface area contributed by atoms with Gasteiger partial charge in [-0.2, -0.15) is 9.04 Å². The number of aromatic nitrogens is 2. The van der Waals surface area contributed by atoms with Gasteiger partial charge in [-0.05, 0) is 18.6 Å². The molecule has 1 saturated heterocycles. The normalized spacial score (nSPS) is 16.1. The topological polar surface area (TPSA) is 90.7 Å². The van der Waals surface area contributed by atoms with Crippen LogP contribution in [0.1, 0.15) is 5.56 Å². The van der Waals surface area contributed by atoms with Crippen LogP contribution in [0, 0.1) is 6.92 Å². The maximum atomic E-state index is 13.3. The third-order valence-corrected chi connectivity index (χ3v) is 6.63. The Hall–Kier alpha value is -2.49. The summed E-state index contributed by atoms with van der Waals surface area (Å²) in [6.45, 7) is 3.06. The first-order valence-electron chi connectivity index (χ1n) is 8.51. The highest BCUT2D eigenvalue weighted by Crippen LogP contribution is 2.27. The fourth-order valence-electron chi connectivity index (χ4n) is 3.29. The monoisotopic (exact) mass is 389 g/mol. The number of para-hydroxylation sites is 1. The lowest BCUT2D eigenvalue weighted by atomic mass is 10.1. The summed E-state index contributed by atoms with van der Waals surface area (Å²) in [5.41, 5.74) is 1.27. The van der Waals surface area contributed by atoms with E-state index in [2.05, 4.69) is 4.98 Å². The minimum atomic E-state index is -3.87. The lowest BCUT2D eigenvalue weighted by Gasteiger charge is -2.26. The number of ether oxygens (including phenoxy) is 1. The van der Waals surface area contributed by atoms with Crippen molar-refractivity contribution in [2.75, 3.05) is 33.4 Å². The van der Waals surface area contributed by atoms with Crippen LogP contribution in [-0.4, -0.2) is 55.9 Å². The highest BCUT2D eigenvalue weighted by Gasteiger charge is 2.30. The fourth-order valence-corrected chi connectivity index (χ4v) is 4.83.